The number of benzene rings is 3. The van der Waals surface area contributed by atoms with Gasteiger partial charge in [0, 0.05) is 21.8 Å². The molecule has 1 heterocycles. The molecule has 0 bridgehead atoms. The first-order valence-corrected chi connectivity index (χ1v) is 10.4. The minimum absolute atomic E-state index is 0.282. The van der Waals surface area contributed by atoms with E-state index in [-0.39, 0.29) is 11.8 Å². The summed E-state index contributed by atoms with van der Waals surface area (Å²) in [6, 6.07) is 23.1. The molecule has 4 rings (SSSR count). The Morgan fingerprint density at radius 1 is 0.812 bits per heavy atom. The van der Waals surface area contributed by atoms with E-state index < -0.39 is 0 Å². The Morgan fingerprint density at radius 2 is 1.50 bits per heavy atom. The van der Waals surface area contributed by atoms with Gasteiger partial charge in [-0.1, -0.05) is 35.9 Å². The van der Waals surface area contributed by atoms with E-state index in [0.29, 0.717) is 33.2 Å². The van der Waals surface area contributed by atoms with Crippen LogP contribution in [0.15, 0.2) is 78.9 Å². The molecule has 0 fully saturated rings. The van der Waals surface area contributed by atoms with Gasteiger partial charge in [-0.05, 0) is 68.4 Å². The third kappa shape index (κ3) is 4.55. The third-order valence-corrected chi connectivity index (χ3v) is 5.27. The molecule has 1 aromatic heterocycles. The van der Waals surface area contributed by atoms with Gasteiger partial charge >= 0.3 is 0 Å². The van der Waals surface area contributed by atoms with Crippen molar-refractivity contribution in [1.82, 2.24) is 9.78 Å². The summed E-state index contributed by atoms with van der Waals surface area (Å²) in [5, 5.41) is 10.9. The number of carbonyl (C=O) groups excluding carboxylic acids is 2. The highest BCUT2D eigenvalue weighted by atomic mass is 35.5. The molecule has 0 aliphatic rings. The molecule has 32 heavy (non-hydrogen) atoms. The van der Waals surface area contributed by atoms with Crippen LogP contribution in [-0.2, 0) is 0 Å². The Labute approximate surface area is 190 Å². The third-order valence-electron chi connectivity index (χ3n) is 5.02. The smallest absolute Gasteiger partial charge is 0.255 e. The lowest BCUT2D eigenvalue weighted by Crippen LogP contribution is -2.15. The number of nitrogens with one attached hydrogen (secondary N) is 2. The minimum Gasteiger partial charge on any atom is -0.322 e. The molecule has 0 spiro atoms. The molecular formula is C25H21ClN4O2. The Kier molecular flexibility index (Phi) is 6.05. The molecule has 0 aliphatic carbocycles. The molecule has 0 atom stereocenters. The van der Waals surface area contributed by atoms with Crippen molar-refractivity contribution in [3.63, 3.8) is 0 Å². The van der Waals surface area contributed by atoms with Gasteiger partial charge < -0.3 is 10.6 Å². The molecule has 6 nitrogen and oxygen atoms in total. The second kappa shape index (κ2) is 9.08. The lowest BCUT2D eigenvalue weighted by atomic mass is 10.1. The Bertz CT molecular complexity index is 1280. The zero-order chi connectivity index (χ0) is 22.7. The van der Waals surface area contributed by atoms with E-state index in [0.717, 1.165) is 11.4 Å². The summed E-state index contributed by atoms with van der Waals surface area (Å²) in [4.78, 5) is 25.4. The molecule has 2 amide bonds. The first-order valence-electron chi connectivity index (χ1n) is 10.0. The predicted molar refractivity (Wildman–Crippen MR) is 127 cm³/mol. The first kappa shape index (κ1) is 21.3. The van der Waals surface area contributed by atoms with Crippen LogP contribution in [0.5, 0.6) is 0 Å². The molecule has 0 unspecified atom stereocenters. The highest BCUT2D eigenvalue weighted by Crippen LogP contribution is 2.24. The van der Waals surface area contributed by atoms with Gasteiger partial charge in [0.15, 0.2) is 0 Å². The second-order valence-electron chi connectivity index (χ2n) is 7.29. The van der Waals surface area contributed by atoms with Crippen LogP contribution in [0.3, 0.4) is 0 Å². The molecule has 160 valence electrons. The number of para-hydroxylation sites is 1. The lowest BCUT2D eigenvalue weighted by Gasteiger charge is -2.09. The van der Waals surface area contributed by atoms with Crippen molar-refractivity contribution in [3.8, 4) is 5.69 Å². The van der Waals surface area contributed by atoms with Crippen LogP contribution >= 0.6 is 11.6 Å². The number of halogens is 1. The van der Waals surface area contributed by atoms with Crippen molar-refractivity contribution in [2.45, 2.75) is 13.8 Å². The number of hydrogen-bond donors (Lipinski definition) is 2. The number of aromatic nitrogens is 2. The Balaban J connectivity index is 1.52. The predicted octanol–water partition coefficient (Wildman–Crippen LogP) is 5.65. The average molecular weight is 445 g/mol. The van der Waals surface area contributed by atoms with E-state index in [9.17, 15) is 9.59 Å². The number of carbonyl (C=O) groups is 2. The Hall–Kier alpha value is -3.90. The maximum Gasteiger partial charge on any atom is 0.255 e. The molecule has 4 aromatic rings. The van der Waals surface area contributed by atoms with Crippen LogP contribution in [0.1, 0.15) is 32.1 Å². The van der Waals surface area contributed by atoms with Crippen LogP contribution in [0.2, 0.25) is 5.02 Å². The highest BCUT2D eigenvalue weighted by Gasteiger charge is 2.17. The van der Waals surface area contributed by atoms with Gasteiger partial charge in [0.05, 0.1) is 22.8 Å². The minimum atomic E-state index is -0.286. The van der Waals surface area contributed by atoms with E-state index in [4.69, 9.17) is 11.6 Å². The van der Waals surface area contributed by atoms with Crippen LogP contribution in [0.25, 0.3) is 5.69 Å². The van der Waals surface area contributed by atoms with E-state index in [1.165, 1.54) is 0 Å². The van der Waals surface area contributed by atoms with Gasteiger partial charge in [-0.3, -0.25) is 9.59 Å². The van der Waals surface area contributed by atoms with Crippen LogP contribution in [-0.4, -0.2) is 21.6 Å². The Morgan fingerprint density at radius 3 is 2.22 bits per heavy atom. The van der Waals surface area contributed by atoms with Gasteiger partial charge in [-0.2, -0.15) is 5.10 Å². The highest BCUT2D eigenvalue weighted by molar-refractivity contribution is 6.30. The van der Waals surface area contributed by atoms with E-state index in [1.807, 2.05) is 44.2 Å². The van der Waals surface area contributed by atoms with E-state index in [2.05, 4.69) is 15.7 Å². The van der Waals surface area contributed by atoms with Gasteiger partial charge in [0.2, 0.25) is 0 Å². The standard InChI is InChI=1S/C25H21ClN4O2/c1-16-23(17(2)30(29-16)22-9-4-3-5-10-22)28-25(32)19-7-6-8-21(15-19)27-24(31)18-11-13-20(26)14-12-18/h3-15H,1-2H3,(H,27,31)(H,28,32). The largest absolute Gasteiger partial charge is 0.322 e. The first-order chi connectivity index (χ1) is 15.4. The fraction of sp³-hybridized carbons (Fsp3) is 0.0800. The number of nitrogens with zero attached hydrogens (tertiary/aromatic N) is 2. The summed E-state index contributed by atoms with van der Waals surface area (Å²) in [7, 11) is 0. The van der Waals surface area contributed by atoms with Crippen molar-refractivity contribution >= 4 is 34.8 Å². The molecule has 2 N–H and O–H groups in total. The SMILES string of the molecule is Cc1nn(-c2ccccc2)c(C)c1NC(=O)c1cccc(NC(=O)c2ccc(Cl)cc2)c1. The summed E-state index contributed by atoms with van der Waals surface area (Å²) < 4.78 is 1.80. The van der Waals surface area contributed by atoms with Crippen LogP contribution in [0, 0.1) is 13.8 Å². The van der Waals surface area contributed by atoms with Gasteiger partial charge in [0.25, 0.3) is 11.8 Å². The van der Waals surface area contributed by atoms with Crippen LogP contribution < -0.4 is 10.6 Å². The maximum absolute atomic E-state index is 12.9. The van der Waals surface area contributed by atoms with E-state index in [1.54, 1.807) is 53.2 Å². The molecule has 0 saturated carbocycles. The van der Waals surface area contributed by atoms with E-state index >= 15 is 0 Å². The second-order valence-corrected chi connectivity index (χ2v) is 7.73. The maximum atomic E-state index is 12.9. The zero-order valence-corrected chi connectivity index (χ0v) is 18.4. The fourth-order valence-electron chi connectivity index (χ4n) is 3.37. The summed E-state index contributed by atoms with van der Waals surface area (Å²) in [6.07, 6.45) is 0. The van der Waals surface area contributed by atoms with Gasteiger partial charge in [-0.25, -0.2) is 4.68 Å². The summed E-state index contributed by atoms with van der Waals surface area (Å²) in [5.74, 6) is -0.568. The topological polar surface area (TPSA) is 76.0 Å². The molecular weight excluding hydrogens is 424 g/mol. The van der Waals surface area contributed by atoms with Crippen molar-refractivity contribution < 1.29 is 9.59 Å². The normalized spacial score (nSPS) is 10.6. The zero-order valence-electron chi connectivity index (χ0n) is 17.6. The molecule has 0 saturated heterocycles. The molecule has 0 aliphatic heterocycles. The number of amides is 2. The molecule has 0 radical (unpaired) electrons. The number of hydrogen-bond acceptors (Lipinski definition) is 3. The number of aryl methyl sites for hydroxylation is 1. The average Bonchev–Trinajstić information content (AvgIpc) is 3.08. The molecule has 3 aromatic carbocycles. The van der Waals surface area contributed by atoms with Crippen molar-refractivity contribution in [2.24, 2.45) is 0 Å². The van der Waals surface area contributed by atoms with Crippen molar-refractivity contribution in [2.75, 3.05) is 10.6 Å². The van der Waals surface area contributed by atoms with Gasteiger partial charge in [-0.15, -0.1) is 0 Å². The molecule has 7 heteroatoms. The quantitative estimate of drug-likeness (QED) is 0.417. The summed E-state index contributed by atoms with van der Waals surface area (Å²) >= 11 is 5.88. The fourth-order valence-corrected chi connectivity index (χ4v) is 3.50. The monoisotopic (exact) mass is 444 g/mol. The summed E-state index contributed by atoms with van der Waals surface area (Å²) in [5.41, 5.74) is 4.54. The van der Waals surface area contributed by atoms with Crippen molar-refractivity contribution in [1.29, 1.82) is 0 Å². The van der Waals surface area contributed by atoms with Gasteiger partial charge in [0.1, 0.15) is 0 Å². The number of anilines is 2. The van der Waals surface area contributed by atoms with Crippen molar-refractivity contribution in [3.05, 3.63) is 106 Å². The lowest BCUT2D eigenvalue weighted by molar-refractivity contribution is 0.101. The summed E-state index contributed by atoms with van der Waals surface area (Å²) in [6.45, 7) is 3.76. The van der Waals surface area contributed by atoms with Crippen LogP contribution in [0.4, 0.5) is 11.4 Å². The number of rotatable bonds is 5.